The fourth-order valence-electron chi connectivity index (χ4n) is 2.35. The number of nitrogens with two attached hydrogens (primary N) is 2. The summed E-state index contributed by atoms with van der Waals surface area (Å²) in [6.07, 6.45) is 0.659. The van der Waals surface area contributed by atoms with Gasteiger partial charge < -0.3 is 16.6 Å². The first-order valence-corrected chi connectivity index (χ1v) is 8.37. The number of hydrogen-bond acceptors (Lipinski definition) is 7. The highest BCUT2D eigenvalue weighted by atomic mass is 35.5. The highest BCUT2D eigenvalue weighted by Gasteiger charge is 2.14. The molecule has 8 nitrogen and oxygen atoms in total. The summed E-state index contributed by atoms with van der Waals surface area (Å²) >= 11 is 6.22. The second-order valence-corrected chi connectivity index (χ2v) is 5.68. The number of rotatable bonds is 7. The number of benzene rings is 1. The predicted octanol–water partition coefficient (Wildman–Crippen LogP) is 2.84. The largest absolute Gasteiger partial charge is 0.394 e. The van der Waals surface area contributed by atoms with Gasteiger partial charge in [-0.25, -0.2) is 4.98 Å². The van der Waals surface area contributed by atoms with Crippen molar-refractivity contribution < 1.29 is 5.11 Å². The van der Waals surface area contributed by atoms with Crippen molar-refractivity contribution >= 4 is 29.1 Å². The maximum absolute atomic E-state index is 9.02. The zero-order chi connectivity index (χ0) is 18.4. The maximum Gasteiger partial charge on any atom is 0.222 e. The molecule has 0 saturated carbocycles. The molecular formula is C16H22ClN7O. The van der Waals surface area contributed by atoms with E-state index in [0.717, 1.165) is 11.3 Å². The summed E-state index contributed by atoms with van der Waals surface area (Å²) in [4.78, 5) is 8.30. The van der Waals surface area contributed by atoms with Crippen molar-refractivity contribution in [3.8, 4) is 11.1 Å². The van der Waals surface area contributed by atoms with Crippen molar-refractivity contribution in [2.24, 2.45) is 10.3 Å². The van der Waals surface area contributed by atoms with Crippen LogP contribution in [-0.2, 0) is 6.42 Å². The summed E-state index contributed by atoms with van der Waals surface area (Å²) in [6, 6.07) is 5.34. The number of aromatic nitrogens is 2. The number of nitrogen functional groups attached to an aromatic ring is 2. The number of aliphatic hydroxyl groups excluding tert-OH is 1. The van der Waals surface area contributed by atoms with Gasteiger partial charge in [0.1, 0.15) is 11.5 Å². The molecule has 0 unspecified atom stereocenters. The molecule has 0 atom stereocenters. The summed E-state index contributed by atoms with van der Waals surface area (Å²) in [6.45, 7) is 4.91. The normalized spacial score (nSPS) is 11.2. The van der Waals surface area contributed by atoms with E-state index in [4.69, 9.17) is 28.2 Å². The Balaban J connectivity index is 2.45. The van der Waals surface area contributed by atoms with Gasteiger partial charge in [-0.05, 0) is 31.0 Å². The number of halogens is 1. The van der Waals surface area contributed by atoms with Crippen molar-refractivity contribution in [2.75, 3.05) is 31.2 Å². The second kappa shape index (κ2) is 8.59. The van der Waals surface area contributed by atoms with E-state index in [9.17, 15) is 0 Å². The molecule has 1 heterocycles. The van der Waals surface area contributed by atoms with Gasteiger partial charge in [0, 0.05) is 12.1 Å². The quantitative estimate of drug-likeness (QED) is 0.513. The highest BCUT2D eigenvalue weighted by molar-refractivity contribution is 6.33. The summed E-state index contributed by atoms with van der Waals surface area (Å²) < 4.78 is 0. The molecule has 0 fully saturated rings. The molecule has 2 rings (SSSR count). The fourth-order valence-corrected chi connectivity index (χ4v) is 2.51. The van der Waals surface area contributed by atoms with Crippen molar-refractivity contribution in [1.29, 1.82) is 0 Å². The molecule has 9 heteroatoms. The molecule has 1 aromatic heterocycles. The lowest BCUT2D eigenvalue weighted by Gasteiger charge is -2.14. The third-order valence-corrected chi connectivity index (χ3v) is 3.92. The maximum atomic E-state index is 9.02. The number of aryl methyl sites for hydroxylation is 1. The minimum Gasteiger partial charge on any atom is -0.394 e. The minimum atomic E-state index is -0.000197. The molecule has 25 heavy (non-hydrogen) atoms. The summed E-state index contributed by atoms with van der Waals surface area (Å²) in [7, 11) is 0. The molecule has 0 radical (unpaired) electrons. The van der Waals surface area contributed by atoms with Crippen LogP contribution in [0.15, 0.2) is 28.5 Å². The highest BCUT2D eigenvalue weighted by Crippen LogP contribution is 2.35. The van der Waals surface area contributed by atoms with Gasteiger partial charge >= 0.3 is 0 Å². The first kappa shape index (κ1) is 18.9. The average molecular weight is 364 g/mol. The van der Waals surface area contributed by atoms with E-state index in [1.807, 2.05) is 19.9 Å². The van der Waals surface area contributed by atoms with Gasteiger partial charge in [0.25, 0.3) is 0 Å². The molecule has 134 valence electrons. The van der Waals surface area contributed by atoms with Gasteiger partial charge in [-0.1, -0.05) is 29.8 Å². The predicted molar refractivity (Wildman–Crippen MR) is 99.5 cm³/mol. The Morgan fingerprint density at radius 3 is 2.64 bits per heavy atom. The van der Waals surface area contributed by atoms with E-state index in [1.54, 1.807) is 17.1 Å². The minimum absolute atomic E-state index is 0.000197. The lowest BCUT2D eigenvalue weighted by molar-refractivity contribution is 0.199. The Morgan fingerprint density at radius 2 is 2.00 bits per heavy atom. The zero-order valence-electron chi connectivity index (χ0n) is 14.3. The number of anilines is 2. The molecule has 1 aromatic carbocycles. The van der Waals surface area contributed by atoms with Gasteiger partial charge in [0.05, 0.1) is 23.9 Å². The number of nitrogens with zero attached hydrogens (tertiary/aromatic N) is 5. The Labute approximate surface area is 151 Å². The van der Waals surface area contributed by atoms with E-state index >= 15 is 0 Å². The van der Waals surface area contributed by atoms with E-state index < -0.39 is 0 Å². The fraction of sp³-hybridized carbons (Fsp3) is 0.375. The Kier molecular flexibility index (Phi) is 6.49. The third kappa shape index (κ3) is 4.55. The van der Waals surface area contributed by atoms with Crippen molar-refractivity contribution in [3.63, 3.8) is 0 Å². The van der Waals surface area contributed by atoms with Crippen LogP contribution in [0.2, 0.25) is 5.02 Å². The van der Waals surface area contributed by atoms with Crippen LogP contribution in [0.25, 0.3) is 11.1 Å². The number of aliphatic hydroxyl groups is 1. The van der Waals surface area contributed by atoms with Crippen LogP contribution in [0.3, 0.4) is 0 Å². The molecule has 0 aliphatic heterocycles. The SMILES string of the molecule is CCc1nc(N)nc(N)c1-c1ccc(Cl)c(N=NN(CC)CCO)c1. The Morgan fingerprint density at radius 1 is 1.24 bits per heavy atom. The van der Waals surface area contributed by atoms with Gasteiger partial charge in [0.15, 0.2) is 0 Å². The van der Waals surface area contributed by atoms with Gasteiger partial charge in [-0.3, -0.25) is 5.01 Å². The Hall–Kier alpha value is -2.45. The van der Waals surface area contributed by atoms with Crippen LogP contribution in [-0.4, -0.2) is 39.8 Å². The second-order valence-electron chi connectivity index (χ2n) is 5.27. The molecule has 0 bridgehead atoms. The number of hydrogen-bond donors (Lipinski definition) is 3. The smallest absolute Gasteiger partial charge is 0.222 e. The first-order valence-electron chi connectivity index (χ1n) is 7.99. The monoisotopic (exact) mass is 363 g/mol. The van der Waals surface area contributed by atoms with Crippen LogP contribution in [0.1, 0.15) is 19.5 Å². The summed E-state index contributed by atoms with van der Waals surface area (Å²) in [5.74, 6) is 0.458. The topological polar surface area (TPSA) is 126 Å². The average Bonchev–Trinajstić information content (AvgIpc) is 2.59. The Bertz CT molecular complexity index is 766. The van der Waals surface area contributed by atoms with E-state index in [2.05, 4.69) is 20.3 Å². The lowest BCUT2D eigenvalue weighted by atomic mass is 10.0. The molecule has 0 spiro atoms. The van der Waals surface area contributed by atoms with Gasteiger partial charge in [0.2, 0.25) is 5.95 Å². The molecule has 0 aliphatic rings. The van der Waals surface area contributed by atoms with E-state index in [0.29, 0.717) is 41.6 Å². The molecule has 0 amide bonds. The van der Waals surface area contributed by atoms with Crippen molar-refractivity contribution in [1.82, 2.24) is 15.0 Å². The third-order valence-electron chi connectivity index (χ3n) is 3.60. The van der Waals surface area contributed by atoms with Crippen LogP contribution < -0.4 is 11.5 Å². The summed E-state index contributed by atoms with van der Waals surface area (Å²) in [5, 5.41) is 19.4. The molecular weight excluding hydrogens is 342 g/mol. The lowest BCUT2D eigenvalue weighted by Crippen LogP contribution is -2.19. The standard InChI is InChI=1S/C16H22ClN7O/c1-3-12-14(15(18)21-16(19)20-12)10-5-6-11(17)13(9-10)22-23-24(4-2)7-8-25/h5-6,9,25H,3-4,7-8H2,1-2H3,(H4,18,19,20,21). The van der Waals surface area contributed by atoms with Crippen LogP contribution in [0.5, 0.6) is 0 Å². The van der Waals surface area contributed by atoms with Gasteiger partial charge in [-0.2, -0.15) is 4.98 Å². The van der Waals surface area contributed by atoms with Crippen molar-refractivity contribution in [2.45, 2.75) is 20.3 Å². The first-order chi connectivity index (χ1) is 12.0. The molecule has 0 aliphatic carbocycles. The van der Waals surface area contributed by atoms with E-state index in [1.165, 1.54) is 0 Å². The molecule has 2 aromatic rings. The molecule has 5 N–H and O–H groups in total. The van der Waals surface area contributed by atoms with Crippen LogP contribution in [0.4, 0.5) is 17.5 Å². The number of likely N-dealkylation sites (N-methyl/N-ethyl adjacent to an activating group) is 1. The van der Waals surface area contributed by atoms with Crippen LogP contribution in [0, 0.1) is 0 Å². The van der Waals surface area contributed by atoms with Gasteiger partial charge in [-0.15, -0.1) is 5.11 Å². The van der Waals surface area contributed by atoms with E-state index in [-0.39, 0.29) is 12.6 Å². The van der Waals surface area contributed by atoms with Crippen LogP contribution >= 0.6 is 11.6 Å². The zero-order valence-corrected chi connectivity index (χ0v) is 15.0. The molecule has 0 saturated heterocycles. The summed E-state index contributed by atoms with van der Waals surface area (Å²) in [5.41, 5.74) is 14.5. The van der Waals surface area contributed by atoms with Crippen molar-refractivity contribution in [3.05, 3.63) is 28.9 Å².